The predicted octanol–water partition coefficient (Wildman–Crippen LogP) is 1.87. The van der Waals surface area contributed by atoms with Crippen LogP contribution in [-0.2, 0) is 11.3 Å². The number of furan rings is 1. The van der Waals surface area contributed by atoms with Crippen LogP contribution in [0.1, 0.15) is 29.6 Å². The van der Waals surface area contributed by atoms with Crippen LogP contribution in [0.15, 0.2) is 57.9 Å². The van der Waals surface area contributed by atoms with E-state index in [9.17, 15) is 14.4 Å². The maximum atomic E-state index is 12.5. The Morgan fingerprint density at radius 2 is 1.93 bits per heavy atom. The number of nitrogens with one attached hydrogen (secondary N) is 2. The summed E-state index contributed by atoms with van der Waals surface area (Å²) in [4.78, 5) is 36.8. The van der Waals surface area contributed by atoms with Gasteiger partial charge >= 0.3 is 0 Å². The highest BCUT2D eigenvalue weighted by molar-refractivity contribution is 6.05. The Balaban J connectivity index is 1.80. The van der Waals surface area contributed by atoms with E-state index in [1.54, 1.807) is 36.4 Å². The van der Waals surface area contributed by atoms with E-state index in [0.29, 0.717) is 29.5 Å². The summed E-state index contributed by atoms with van der Waals surface area (Å²) in [7, 11) is 0. The van der Waals surface area contributed by atoms with Gasteiger partial charge in [-0.05, 0) is 30.7 Å². The average molecular weight is 366 g/mol. The molecule has 0 fully saturated rings. The van der Waals surface area contributed by atoms with E-state index in [0.717, 1.165) is 0 Å². The van der Waals surface area contributed by atoms with Gasteiger partial charge in [-0.15, -0.1) is 0 Å². The maximum Gasteiger partial charge on any atom is 0.290 e. The third-order valence-corrected chi connectivity index (χ3v) is 3.76. The first-order valence-corrected chi connectivity index (χ1v) is 8.42. The number of carbonyl (C=O) groups excluding carboxylic acids is 2. The van der Waals surface area contributed by atoms with Crippen LogP contribution in [0.3, 0.4) is 0 Å². The van der Waals surface area contributed by atoms with Crippen molar-refractivity contribution in [3.05, 3.63) is 70.5 Å². The monoisotopic (exact) mass is 366 g/mol. The summed E-state index contributed by atoms with van der Waals surface area (Å²) in [5, 5.41) is 4.98. The first kappa shape index (κ1) is 18.1. The van der Waals surface area contributed by atoms with E-state index in [1.807, 2.05) is 6.92 Å². The molecule has 0 radical (unpaired) electrons. The molecule has 2 aromatic heterocycles. The maximum absolute atomic E-state index is 12.5. The highest BCUT2D eigenvalue weighted by Crippen LogP contribution is 2.13. The molecule has 3 rings (SSSR count). The molecule has 8 nitrogen and oxygen atoms in total. The van der Waals surface area contributed by atoms with Gasteiger partial charge in [-0.3, -0.25) is 25.2 Å². The van der Waals surface area contributed by atoms with Gasteiger partial charge in [0.1, 0.15) is 5.76 Å². The Morgan fingerprint density at radius 1 is 1.15 bits per heavy atom. The number of aromatic nitrogens is 2. The van der Waals surface area contributed by atoms with Crippen molar-refractivity contribution >= 4 is 28.7 Å². The summed E-state index contributed by atoms with van der Waals surface area (Å²) < 4.78 is 6.34. The van der Waals surface area contributed by atoms with Crippen molar-refractivity contribution in [3.63, 3.8) is 0 Å². The second-order valence-electron chi connectivity index (χ2n) is 5.71. The molecule has 0 saturated heterocycles. The van der Waals surface area contributed by atoms with Crippen molar-refractivity contribution in [2.75, 3.05) is 0 Å². The molecular weight excluding hydrogens is 348 g/mol. The van der Waals surface area contributed by atoms with E-state index in [1.165, 1.54) is 23.1 Å². The van der Waals surface area contributed by atoms with Crippen molar-refractivity contribution in [2.24, 2.45) is 0 Å². The normalized spacial score (nSPS) is 11.0. The molecule has 0 aliphatic rings. The summed E-state index contributed by atoms with van der Waals surface area (Å²) >= 11 is 0. The second-order valence-corrected chi connectivity index (χ2v) is 5.71. The smallest absolute Gasteiger partial charge is 0.290 e. The molecule has 27 heavy (non-hydrogen) atoms. The Morgan fingerprint density at radius 3 is 2.63 bits per heavy atom. The molecule has 0 atom stereocenters. The first-order chi connectivity index (χ1) is 13.1. The lowest BCUT2D eigenvalue weighted by molar-refractivity contribution is -0.117. The SMILES string of the molecule is CCCn1nc(C(=O)NNC(=O)/C=C/c2ccco2)c2ccccc2c1=O. The minimum Gasteiger partial charge on any atom is -0.465 e. The molecule has 138 valence electrons. The van der Waals surface area contributed by atoms with Crippen molar-refractivity contribution in [3.8, 4) is 0 Å². The predicted molar refractivity (Wildman–Crippen MR) is 99.6 cm³/mol. The molecule has 1 aromatic carbocycles. The van der Waals surface area contributed by atoms with Crippen LogP contribution >= 0.6 is 0 Å². The van der Waals surface area contributed by atoms with Crippen LogP contribution in [0.2, 0.25) is 0 Å². The number of aryl methyl sites for hydroxylation is 1. The van der Waals surface area contributed by atoms with Gasteiger partial charge in [-0.25, -0.2) is 4.68 Å². The molecule has 0 unspecified atom stereocenters. The Labute approximate surface area is 154 Å². The molecule has 8 heteroatoms. The van der Waals surface area contributed by atoms with Gasteiger partial charge in [0.15, 0.2) is 5.69 Å². The van der Waals surface area contributed by atoms with Gasteiger partial charge in [-0.1, -0.05) is 25.1 Å². The lowest BCUT2D eigenvalue weighted by atomic mass is 10.1. The zero-order valence-corrected chi connectivity index (χ0v) is 14.6. The summed E-state index contributed by atoms with van der Waals surface area (Å²) in [6.07, 6.45) is 4.88. The van der Waals surface area contributed by atoms with Crippen LogP contribution < -0.4 is 16.4 Å². The van der Waals surface area contributed by atoms with Crippen LogP contribution in [0.4, 0.5) is 0 Å². The lowest BCUT2D eigenvalue weighted by Crippen LogP contribution is -2.42. The van der Waals surface area contributed by atoms with Gasteiger partial charge in [0.2, 0.25) is 0 Å². The molecule has 2 N–H and O–H groups in total. The number of rotatable bonds is 5. The lowest BCUT2D eigenvalue weighted by Gasteiger charge is -2.10. The highest BCUT2D eigenvalue weighted by Gasteiger charge is 2.16. The third-order valence-electron chi connectivity index (χ3n) is 3.76. The molecule has 3 aromatic rings. The molecule has 0 saturated carbocycles. The van der Waals surface area contributed by atoms with Gasteiger partial charge in [0, 0.05) is 18.0 Å². The summed E-state index contributed by atoms with van der Waals surface area (Å²) in [5.74, 6) is -0.641. The largest absolute Gasteiger partial charge is 0.465 e. The van der Waals surface area contributed by atoms with E-state index in [4.69, 9.17) is 4.42 Å². The van der Waals surface area contributed by atoms with Crippen molar-refractivity contribution < 1.29 is 14.0 Å². The number of benzene rings is 1. The van der Waals surface area contributed by atoms with Crippen LogP contribution in [0, 0.1) is 0 Å². The molecular formula is C19H18N4O4. The average Bonchev–Trinajstić information content (AvgIpc) is 3.20. The first-order valence-electron chi connectivity index (χ1n) is 8.42. The standard InChI is InChI=1S/C19H18N4O4/c1-2-11-23-19(26)15-8-4-3-7-14(15)17(22-23)18(25)21-20-16(24)10-9-13-6-5-12-27-13/h3-10,12H,2,11H2,1H3,(H,20,24)(H,21,25)/b10-9+. The van der Waals surface area contributed by atoms with E-state index in [2.05, 4.69) is 16.0 Å². The number of hydrogen-bond donors (Lipinski definition) is 2. The number of hydrogen-bond acceptors (Lipinski definition) is 5. The van der Waals surface area contributed by atoms with Crippen molar-refractivity contribution in [1.82, 2.24) is 20.6 Å². The molecule has 0 aliphatic heterocycles. The molecule has 0 bridgehead atoms. The number of hydrazine groups is 1. The van der Waals surface area contributed by atoms with Crippen LogP contribution in [0.25, 0.3) is 16.8 Å². The Hall–Kier alpha value is -3.68. The molecule has 0 aliphatic carbocycles. The van der Waals surface area contributed by atoms with Gasteiger partial charge in [-0.2, -0.15) is 5.10 Å². The number of carbonyl (C=O) groups is 2. The molecule has 2 amide bonds. The van der Waals surface area contributed by atoms with Gasteiger partial charge < -0.3 is 4.42 Å². The van der Waals surface area contributed by atoms with Crippen molar-refractivity contribution in [1.29, 1.82) is 0 Å². The third kappa shape index (κ3) is 4.12. The Kier molecular flexibility index (Phi) is 5.46. The zero-order valence-electron chi connectivity index (χ0n) is 14.6. The van der Waals surface area contributed by atoms with E-state index < -0.39 is 11.8 Å². The minimum atomic E-state index is -0.615. The van der Waals surface area contributed by atoms with Crippen molar-refractivity contribution in [2.45, 2.75) is 19.9 Å². The zero-order chi connectivity index (χ0) is 19.2. The number of nitrogens with zero attached hydrogens (tertiary/aromatic N) is 2. The quantitative estimate of drug-likeness (QED) is 0.530. The number of amides is 2. The fourth-order valence-electron chi connectivity index (χ4n) is 2.53. The Bertz CT molecular complexity index is 1050. The number of fused-ring (bicyclic) bond motifs is 1. The summed E-state index contributed by atoms with van der Waals surface area (Å²) in [6.45, 7) is 2.30. The van der Waals surface area contributed by atoms with E-state index in [-0.39, 0.29) is 11.3 Å². The molecule has 2 heterocycles. The van der Waals surface area contributed by atoms with Crippen LogP contribution in [0.5, 0.6) is 0 Å². The fraction of sp³-hybridized carbons (Fsp3) is 0.158. The topological polar surface area (TPSA) is 106 Å². The van der Waals surface area contributed by atoms with Gasteiger partial charge in [0.05, 0.1) is 11.6 Å². The van der Waals surface area contributed by atoms with Gasteiger partial charge in [0.25, 0.3) is 17.4 Å². The second kappa shape index (κ2) is 8.13. The van der Waals surface area contributed by atoms with Crippen LogP contribution in [-0.4, -0.2) is 21.6 Å². The highest BCUT2D eigenvalue weighted by atomic mass is 16.3. The summed E-state index contributed by atoms with van der Waals surface area (Å²) in [6, 6.07) is 10.1. The molecule has 0 spiro atoms. The van der Waals surface area contributed by atoms with E-state index >= 15 is 0 Å². The minimum absolute atomic E-state index is 0.0639. The fourth-order valence-corrected chi connectivity index (χ4v) is 2.53. The summed E-state index contributed by atoms with van der Waals surface area (Å²) in [5.41, 5.74) is 4.40.